The maximum Gasteiger partial charge on any atom is 0.233 e. The maximum absolute atomic E-state index is 12.1. The first-order chi connectivity index (χ1) is 10.2. The third kappa shape index (κ3) is 4.79. The van der Waals surface area contributed by atoms with Gasteiger partial charge in [0.05, 0.1) is 12.4 Å². The summed E-state index contributed by atoms with van der Waals surface area (Å²) in [4.78, 5) is 17.1. The summed E-state index contributed by atoms with van der Waals surface area (Å²) in [5, 5.41) is 2.76. The lowest BCUT2D eigenvalue weighted by molar-refractivity contribution is -0.120. The Morgan fingerprint density at radius 2 is 2.10 bits per heavy atom. The van der Waals surface area contributed by atoms with Gasteiger partial charge in [-0.3, -0.25) is 9.78 Å². The standard InChI is InChI=1S/C16H18N2O2S/c1-12(21-15-7-5-14(20-2)6-8-15)16(19)18-11-13-4-3-9-17-10-13/h3-10,12H,11H2,1-2H3,(H,18,19). The smallest absolute Gasteiger partial charge is 0.233 e. The van der Waals surface area contributed by atoms with E-state index in [1.165, 1.54) is 11.8 Å². The topological polar surface area (TPSA) is 51.2 Å². The Bertz CT molecular complexity index is 573. The molecule has 2 aromatic rings. The van der Waals surface area contributed by atoms with Crippen LogP contribution in [0.2, 0.25) is 0 Å². The molecule has 1 aromatic carbocycles. The number of hydrogen-bond acceptors (Lipinski definition) is 4. The van der Waals surface area contributed by atoms with Gasteiger partial charge in [-0.2, -0.15) is 0 Å². The molecular weight excluding hydrogens is 284 g/mol. The number of nitrogens with one attached hydrogen (secondary N) is 1. The van der Waals surface area contributed by atoms with E-state index in [0.717, 1.165) is 16.2 Å². The zero-order valence-corrected chi connectivity index (χ0v) is 12.9. The number of thioether (sulfide) groups is 1. The Morgan fingerprint density at radius 1 is 1.33 bits per heavy atom. The van der Waals surface area contributed by atoms with E-state index in [0.29, 0.717) is 6.54 Å². The van der Waals surface area contributed by atoms with E-state index in [2.05, 4.69) is 10.3 Å². The Morgan fingerprint density at radius 3 is 2.71 bits per heavy atom. The van der Waals surface area contributed by atoms with Crippen molar-refractivity contribution in [3.05, 3.63) is 54.4 Å². The number of pyridine rings is 1. The number of carbonyl (C=O) groups excluding carboxylic acids is 1. The molecule has 1 atom stereocenters. The summed E-state index contributed by atoms with van der Waals surface area (Å²) < 4.78 is 5.11. The molecule has 2 rings (SSSR count). The number of ether oxygens (including phenoxy) is 1. The average Bonchev–Trinajstić information content (AvgIpc) is 2.54. The summed E-state index contributed by atoms with van der Waals surface area (Å²) in [6, 6.07) is 11.5. The fraction of sp³-hybridized carbons (Fsp3) is 0.250. The number of nitrogens with zero attached hydrogens (tertiary/aromatic N) is 1. The lowest BCUT2D eigenvalue weighted by Crippen LogP contribution is -2.30. The van der Waals surface area contributed by atoms with Crippen LogP contribution in [0.25, 0.3) is 0 Å². The van der Waals surface area contributed by atoms with Crippen molar-refractivity contribution in [2.24, 2.45) is 0 Å². The second kappa shape index (κ2) is 7.69. The van der Waals surface area contributed by atoms with Gasteiger partial charge in [0.1, 0.15) is 5.75 Å². The van der Waals surface area contributed by atoms with Crippen LogP contribution in [-0.4, -0.2) is 23.3 Å². The van der Waals surface area contributed by atoms with Crippen LogP contribution in [0.1, 0.15) is 12.5 Å². The van der Waals surface area contributed by atoms with Gasteiger partial charge in [0, 0.05) is 23.8 Å². The van der Waals surface area contributed by atoms with Crippen molar-refractivity contribution in [1.29, 1.82) is 0 Å². The molecule has 5 heteroatoms. The second-order valence-electron chi connectivity index (χ2n) is 4.51. The Labute approximate surface area is 128 Å². The SMILES string of the molecule is COc1ccc(SC(C)C(=O)NCc2cccnc2)cc1. The predicted octanol–water partition coefficient (Wildman–Crippen LogP) is 2.89. The Balaban J connectivity index is 1.84. The minimum absolute atomic E-state index is 0.0136. The molecule has 4 nitrogen and oxygen atoms in total. The fourth-order valence-electron chi connectivity index (χ4n) is 1.75. The van der Waals surface area contributed by atoms with Crippen LogP contribution >= 0.6 is 11.8 Å². The third-order valence-electron chi connectivity index (χ3n) is 2.93. The molecule has 1 N–H and O–H groups in total. The third-order valence-corrected chi connectivity index (χ3v) is 4.04. The maximum atomic E-state index is 12.1. The van der Waals surface area contributed by atoms with Gasteiger partial charge >= 0.3 is 0 Å². The number of methoxy groups -OCH3 is 1. The molecule has 0 fully saturated rings. The van der Waals surface area contributed by atoms with Gasteiger partial charge in [0.2, 0.25) is 5.91 Å². The van der Waals surface area contributed by atoms with Crippen molar-refractivity contribution in [1.82, 2.24) is 10.3 Å². The number of benzene rings is 1. The summed E-state index contributed by atoms with van der Waals surface area (Å²) in [7, 11) is 1.64. The van der Waals surface area contributed by atoms with Crippen LogP contribution in [0, 0.1) is 0 Å². The molecule has 1 heterocycles. The molecule has 110 valence electrons. The summed E-state index contributed by atoms with van der Waals surface area (Å²) in [5.74, 6) is 0.827. The predicted molar refractivity (Wildman–Crippen MR) is 84.4 cm³/mol. The number of carbonyl (C=O) groups is 1. The molecule has 21 heavy (non-hydrogen) atoms. The van der Waals surface area contributed by atoms with E-state index in [1.54, 1.807) is 19.5 Å². The van der Waals surface area contributed by atoms with Crippen molar-refractivity contribution >= 4 is 17.7 Å². The van der Waals surface area contributed by atoms with Gasteiger partial charge < -0.3 is 10.1 Å². The van der Waals surface area contributed by atoms with Crippen LogP contribution in [0.4, 0.5) is 0 Å². The van der Waals surface area contributed by atoms with Crippen LogP contribution < -0.4 is 10.1 Å². The van der Waals surface area contributed by atoms with Crippen molar-refractivity contribution < 1.29 is 9.53 Å². The number of rotatable bonds is 6. The fourth-order valence-corrected chi connectivity index (χ4v) is 2.64. The highest BCUT2D eigenvalue weighted by Gasteiger charge is 2.14. The molecule has 0 aliphatic heterocycles. The normalized spacial score (nSPS) is 11.7. The highest BCUT2D eigenvalue weighted by Crippen LogP contribution is 2.25. The molecular formula is C16H18N2O2S. The highest BCUT2D eigenvalue weighted by atomic mass is 32.2. The molecule has 0 radical (unpaired) electrons. The summed E-state index contributed by atoms with van der Waals surface area (Å²) >= 11 is 1.52. The molecule has 0 aliphatic carbocycles. The van der Waals surface area contributed by atoms with Gasteiger partial charge in [-0.25, -0.2) is 0 Å². The van der Waals surface area contributed by atoms with Crippen LogP contribution in [0.3, 0.4) is 0 Å². The van der Waals surface area contributed by atoms with E-state index in [4.69, 9.17) is 4.74 Å². The quantitative estimate of drug-likeness (QED) is 0.834. The zero-order valence-electron chi connectivity index (χ0n) is 12.1. The van der Waals surface area contributed by atoms with Gasteiger partial charge in [0.15, 0.2) is 0 Å². The van der Waals surface area contributed by atoms with E-state index in [-0.39, 0.29) is 11.2 Å². The summed E-state index contributed by atoms with van der Waals surface area (Å²) in [5.41, 5.74) is 0.993. The number of aromatic nitrogens is 1. The number of amides is 1. The zero-order chi connectivity index (χ0) is 15.1. The van der Waals surface area contributed by atoms with Gasteiger partial charge in [-0.15, -0.1) is 11.8 Å². The molecule has 0 saturated heterocycles. The molecule has 0 bridgehead atoms. The molecule has 0 spiro atoms. The van der Waals surface area contributed by atoms with E-state index >= 15 is 0 Å². The highest BCUT2D eigenvalue weighted by molar-refractivity contribution is 8.00. The first-order valence-electron chi connectivity index (χ1n) is 6.66. The van der Waals surface area contributed by atoms with Crippen molar-refractivity contribution in [2.75, 3.05) is 7.11 Å². The second-order valence-corrected chi connectivity index (χ2v) is 5.93. The molecule has 0 aliphatic rings. The first-order valence-corrected chi connectivity index (χ1v) is 7.54. The average molecular weight is 302 g/mol. The first kappa shape index (κ1) is 15.4. The van der Waals surface area contributed by atoms with E-state index in [9.17, 15) is 4.79 Å². The lowest BCUT2D eigenvalue weighted by Gasteiger charge is -2.12. The van der Waals surface area contributed by atoms with Crippen molar-refractivity contribution in [3.63, 3.8) is 0 Å². The van der Waals surface area contributed by atoms with Crippen LogP contribution in [0.5, 0.6) is 5.75 Å². The Kier molecular flexibility index (Phi) is 5.63. The van der Waals surface area contributed by atoms with Gasteiger partial charge in [-0.1, -0.05) is 6.07 Å². The van der Waals surface area contributed by atoms with Gasteiger partial charge in [0.25, 0.3) is 0 Å². The van der Waals surface area contributed by atoms with Gasteiger partial charge in [-0.05, 0) is 42.8 Å². The minimum Gasteiger partial charge on any atom is -0.497 e. The summed E-state index contributed by atoms with van der Waals surface area (Å²) in [6.45, 7) is 2.40. The molecule has 1 amide bonds. The largest absolute Gasteiger partial charge is 0.497 e. The lowest BCUT2D eigenvalue weighted by atomic mass is 10.3. The van der Waals surface area contributed by atoms with Crippen LogP contribution in [-0.2, 0) is 11.3 Å². The van der Waals surface area contributed by atoms with E-state index in [1.807, 2.05) is 43.3 Å². The molecule has 0 saturated carbocycles. The van der Waals surface area contributed by atoms with E-state index < -0.39 is 0 Å². The summed E-state index contributed by atoms with van der Waals surface area (Å²) in [6.07, 6.45) is 3.47. The monoisotopic (exact) mass is 302 g/mol. The van der Waals surface area contributed by atoms with Crippen molar-refractivity contribution in [2.45, 2.75) is 23.6 Å². The minimum atomic E-state index is -0.157. The van der Waals surface area contributed by atoms with Crippen LogP contribution in [0.15, 0.2) is 53.7 Å². The Hall–Kier alpha value is -2.01. The number of hydrogen-bond donors (Lipinski definition) is 1. The van der Waals surface area contributed by atoms with Crippen molar-refractivity contribution in [3.8, 4) is 5.75 Å². The molecule has 1 unspecified atom stereocenters. The molecule has 1 aromatic heterocycles.